The number of rotatable bonds is 3. The molecule has 6 nitrogen and oxygen atoms in total. The van der Waals surface area contributed by atoms with E-state index in [1.165, 1.54) is 0 Å². The van der Waals surface area contributed by atoms with Gasteiger partial charge in [0.1, 0.15) is 17.8 Å². The average Bonchev–Trinajstić information content (AvgIpc) is 2.77. The summed E-state index contributed by atoms with van der Waals surface area (Å²) < 4.78 is 1.77. The Bertz CT molecular complexity index is 482. The molecule has 0 amide bonds. The molecule has 16 heavy (non-hydrogen) atoms. The minimum Gasteiger partial charge on any atom is -0.394 e. The van der Waals surface area contributed by atoms with Gasteiger partial charge in [-0.2, -0.15) is 0 Å². The van der Waals surface area contributed by atoms with Crippen LogP contribution < -0.4 is 5.73 Å². The fourth-order valence-electron chi connectivity index (χ4n) is 1.41. The van der Waals surface area contributed by atoms with Crippen molar-refractivity contribution in [2.24, 2.45) is 0 Å². The summed E-state index contributed by atoms with van der Waals surface area (Å²) in [6.07, 6.45) is 1.57. The van der Waals surface area contributed by atoms with Gasteiger partial charge in [0.15, 0.2) is 5.82 Å². The second-order valence-electron chi connectivity index (χ2n) is 3.54. The lowest BCUT2D eigenvalue weighted by atomic mass is 10.3. The molecule has 0 bridgehead atoms. The molecule has 0 aliphatic carbocycles. The van der Waals surface area contributed by atoms with E-state index in [2.05, 4.69) is 15.2 Å². The first-order valence-electron chi connectivity index (χ1n) is 4.95. The molecule has 0 saturated heterocycles. The van der Waals surface area contributed by atoms with E-state index >= 15 is 0 Å². The lowest BCUT2D eigenvalue weighted by molar-refractivity contribution is 0.239. The van der Waals surface area contributed by atoms with Gasteiger partial charge in [-0.1, -0.05) is 6.07 Å². The number of hydrogen-bond acceptors (Lipinski definition) is 5. The van der Waals surface area contributed by atoms with Crippen molar-refractivity contribution in [1.29, 1.82) is 0 Å². The van der Waals surface area contributed by atoms with Crippen LogP contribution in [0.1, 0.15) is 13.0 Å². The van der Waals surface area contributed by atoms with Crippen LogP contribution in [0.25, 0.3) is 11.5 Å². The lowest BCUT2D eigenvalue weighted by Crippen LogP contribution is -2.10. The van der Waals surface area contributed by atoms with Crippen LogP contribution in [0.15, 0.2) is 24.5 Å². The Kier molecular flexibility index (Phi) is 2.82. The molecule has 1 atom stereocenters. The van der Waals surface area contributed by atoms with E-state index in [1.54, 1.807) is 29.1 Å². The minimum absolute atomic E-state index is 0.0212. The maximum Gasteiger partial charge on any atom is 0.182 e. The standard InChI is InChI=1S/C10H13N5O/c1-7(5-16)15-6-12-14-10(15)8-3-2-4-9(11)13-8/h2-4,6-7,16H,5H2,1H3,(H2,11,13)/t7-/m0/s1. The highest BCUT2D eigenvalue weighted by molar-refractivity contribution is 5.52. The van der Waals surface area contributed by atoms with Crippen molar-refractivity contribution in [3.63, 3.8) is 0 Å². The fraction of sp³-hybridized carbons (Fsp3) is 0.300. The first-order chi connectivity index (χ1) is 7.72. The SMILES string of the molecule is C[C@@H](CO)n1cnnc1-c1cccc(N)n1. The van der Waals surface area contributed by atoms with Crippen molar-refractivity contribution in [2.45, 2.75) is 13.0 Å². The first-order valence-corrected chi connectivity index (χ1v) is 4.95. The Hall–Kier alpha value is -1.95. The summed E-state index contributed by atoms with van der Waals surface area (Å²) in [5, 5.41) is 16.9. The van der Waals surface area contributed by atoms with E-state index < -0.39 is 0 Å². The largest absolute Gasteiger partial charge is 0.394 e. The number of aliphatic hydroxyl groups excluding tert-OH is 1. The second-order valence-corrected chi connectivity index (χ2v) is 3.54. The molecule has 0 radical (unpaired) electrons. The molecule has 0 unspecified atom stereocenters. The smallest absolute Gasteiger partial charge is 0.182 e. The molecule has 2 rings (SSSR count). The van der Waals surface area contributed by atoms with Gasteiger partial charge in [0.25, 0.3) is 0 Å². The van der Waals surface area contributed by atoms with Crippen LogP contribution in [0, 0.1) is 0 Å². The Morgan fingerprint density at radius 2 is 2.31 bits per heavy atom. The normalized spacial score (nSPS) is 12.6. The number of nitrogens with two attached hydrogens (primary N) is 1. The van der Waals surface area contributed by atoms with Gasteiger partial charge < -0.3 is 15.4 Å². The fourth-order valence-corrected chi connectivity index (χ4v) is 1.41. The predicted octanol–water partition coefficient (Wildman–Crippen LogP) is 0.476. The Morgan fingerprint density at radius 1 is 1.50 bits per heavy atom. The second kappa shape index (κ2) is 4.28. The number of hydrogen-bond donors (Lipinski definition) is 2. The number of anilines is 1. The molecule has 0 saturated carbocycles. The molecule has 0 fully saturated rings. The van der Waals surface area contributed by atoms with Crippen LogP contribution >= 0.6 is 0 Å². The van der Waals surface area contributed by atoms with Gasteiger partial charge in [-0.3, -0.25) is 0 Å². The molecule has 0 aromatic carbocycles. The summed E-state index contributed by atoms with van der Waals surface area (Å²) in [6.45, 7) is 1.90. The summed E-state index contributed by atoms with van der Waals surface area (Å²) in [7, 11) is 0. The van der Waals surface area contributed by atoms with Gasteiger partial charge in [0, 0.05) is 0 Å². The molecule has 2 heterocycles. The van der Waals surface area contributed by atoms with E-state index in [4.69, 9.17) is 10.8 Å². The van der Waals surface area contributed by atoms with E-state index in [1.807, 2.05) is 6.92 Å². The predicted molar refractivity (Wildman–Crippen MR) is 59.5 cm³/mol. The van der Waals surface area contributed by atoms with E-state index in [9.17, 15) is 0 Å². The highest BCUT2D eigenvalue weighted by atomic mass is 16.3. The zero-order valence-corrected chi connectivity index (χ0v) is 8.91. The Labute approximate surface area is 92.8 Å². The summed E-state index contributed by atoms with van der Waals surface area (Å²) in [4.78, 5) is 4.17. The Balaban J connectivity index is 2.44. The molecule has 0 spiro atoms. The maximum atomic E-state index is 9.11. The topological polar surface area (TPSA) is 89.8 Å². The molecule has 3 N–H and O–H groups in total. The summed E-state index contributed by atoms with van der Waals surface area (Å²) in [5.74, 6) is 1.04. The number of aliphatic hydroxyl groups is 1. The average molecular weight is 219 g/mol. The van der Waals surface area contributed by atoms with Crippen molar-refractivity contribution in [3.05, 3.63) is 24.5 Å². The summed E-state index contributed by atoms with van der Waals surface area (Å²) in [6, 6.07) is 5.23. The van der Waals surface area contributed by atoms with Gasteiger partial charge >= 0.3 is 0 Å². The van der Waals surface area contributed by atoms with Crippen LogP contribution in [-0.4, -0.2) is 31.5 Å². The van der Waals surface area contributed by atoms with Crippen molar-refractivity contribution in [2.75, 3.05) is 12.3 Å². The van der Waals surface area contributed by atoms with E-state index in [0.29, 0.717) is 17.3 Å². The van der Waals surface area contributed by atoms with E-state index in [-0.39, 0.29) is 12.6 Å². The molecule has 2 aromatic heterocycles. The number of aromatic nitrogens is 4. The highest BCUT2D eigenvalue weighted by Gasteiger charge is 2.12. The first kappa shape index (κ1) is 10.6. The summed E-state index contributed by atoms with van der Waals surface area (Å²) >= 11 is 0. The molecule has 84 valence electrons. The van der Waals surface area contributed by atoms with Crippen LogP contribution in [-0.2, 0) is 0 Å². The Morgan fingerprint density at radius 3 is 3.00 bits per heavy atom. The van der Waals surface area contributed by atoms with Crippen molar-refractivity contribution < 1.29 is 5.11 Å². The molecule has 0 aliphatic heterocycles. The number of pyridine rings is 1. The van der Waals surface area contributed by atoms with Crippen LogP contribution in [0.3, 0.4) is 0 Å². The van der Waals surface area contributed by atoms with Gasteiger partial charge in [0.05, 0.1) is 12.6 Å². The van der Waals surface area contributed by atoms with E-state index in [0.717, 1.165) is 0 Å². The number of nitrogen functional groups attached to an aromatic ring is 1. The van der Waals surface area contributed by atoms with Gasteiger partial charge in [-0.25, -0.2) is 4.98 Å². The van der Waals surface area contributed by atoms with Gasteiger partial charge in [-0.05, 0) is 19.1 Å². The third kappa shape index (κ3) is 1.87. The molecular weight excluding hydrogens is 206 g/mol. The third-order valence-electron chi connectivity index (χ3n) is 2.31. The quantitative estimate of drug-likeness (QED) is 0.783. The lowest BCUT2D eigenvalue weighted by Gasteiger charge is -2.11. The van der Waals surface area contributed by atoms with Crippen LogP contribution in [0.5, 0.6) is 0 Å². The van der Waals surface area contributed by atoms with Gasteiger partial charge in [-0.15, -0.1) is 10.2 Å². The van der Waals surface area contributed by atoms with Crippen molar-refractivity contribution >= 4 is 5.82 Å². The molecule has 6 heteroatoms. The minimum atomic E-state index is -0.0896. The monoisotopic (exact) mass is 219 g/mol. The zero-order valence-electron chi connectivity index (χ0n) is 8.91. The summed E-state index contributed by atoms with van der Waals surface area (Å²) in [5.41, 5.74) is 6.26. The van der Waals surface area contributed by atoms with Crippen LogP contribution in [0.4, 0.5) is 5.82 Å². The molecule has 0 aliphatic rings. The number of nitrogens with zero attached hydrogens (tertiary/aromatic N) is 4. The zero-order chi connectivity index (χ0) is 11.5. The maximum absolute atomic E-state index is 9.11. The highest BCUT2D eigenvalue weighted by Crippen LogP contribution is 2.18. The molecule has 2 aromatic rings. The van der Waals surface area contributed by atoms with Crippen molar-refractivity contribution in [3.8, 4) is 11.5 Å². The van der Waals surface area contributed by atoms with Crippen molar-refractivity contribution in [1.82, 2.24) is 19.7 Å². The third-order valence-corrected chi connectivity index (χ3v) is 2.31. The van der Waals surface area contributed by atoms with Crippen LogP contribution in [0.2, 0.25) is 0 Å². The molecular formula is C10H13N5O. The van der Waals surface area contributed by atoms with Gasteiger partial charge in [0.2, 0.25) is 0 Å².